The molecule has 0 radical (unpaired) electrons. The number of hydrogen-bond donors (Lipinski definition) is 0. The second-order valence-electron chi connectivity index (χ2n) is 5.25. The van der Waals surface area contributed by atoms with E-state index in [1.54, 1.807) is 13.1 Å². The summed E-state index contributed by atoms with van der Waals surface area (Å²) in [6.07, 6.45) is 2.69. The molecule has 2 aromatic rings. The molecule has 0 atom stereocenters. The molecule has 2 heterocycles. The van der Waals surface area contributed by atoms with Gasteiger partial charge < -0.3 is 14.4 Å². The first kappa shape index (κ1) is 17.2. The predicted octanol–water partition coefficient (Wildman–Crippen LogP) is 3.71. The van der Waals surface area contributed by atoms with Crippen LogP contribution in [0.15, 0.2) is 30.3 Å². The van der Waals surface area contributed by atoms with Gasteiger partial charge in [-0.2, -0.15) is 0 Å². The molecule has 1 amide bonds. The molecule has 1 aliphatic rings. The molecule has 0 N–H and O–H groups in total. The van der Waals surface area contributed by atoms with Gasteiger partial charge in [-0.1, -0.05) is 11.6 Å². The summed E-state index contributed by atoms with van der Waals surface area (Å²) < 4.78 is 11.0. The Morgan fingerprint density at radius 2 is 2.12 bits per heavy atom. The molecule has 0 saturated carbocycles. The van der Waals surface area contributed by atoms with Crippen LogP contribution in [-0.2, 0) is 11.3 Å². The molecule has 0 saturated heterocycles. The first-order chi connectivity index (χ1) is 11.9. The molecule has 3 rings (SSSR count). The minimum Gasteiger partial charge on any atom is -0.454 e. The Morgan fingerprint density at radius 1 is 1.40 bits per heavy atom. The van der Waals surface area contributed by atoms with Crippen molar-refractivity contribution in [1.82, 2.24) is 4.90 Å². The maximum absolute atomic E-state index is 12.2. The van der Waals surface area contributed by atoms with Crippen molar-refractivity contribution in [3.8, 4) is 11.5 Å². The molecule has 1 aromatic heterocycles. The molecule has 1 aliphatic heterocycles. The van der Waals surface area contributed by atoms with Crippen LogP contribution in [0.5, 0.6) is 11.5 Å². The minimum atomic E-state index is -0.524. The van der Waals surface area contributed by atoms with Crippen LogP contribution in [0.1, 0.15) is 10.4 Å². The van der Waals surface area contributed by atoms with Crippen LogP contribution in [0.4, 0.5) is 5.69 Å². The van der Waals surface area contributed by atoms with E-state index >= 15 is 0 Å². The fourth-order valence-electron chi connectivity index (χ4n) is 2.28. The summed E-state index contributed by atoms with van der Waals surface area (Å²) in [5, 5.41) is 11.2. The summed E-state index contributed by atoms with van der Waals surface area (Å²) in [6, 6.07) is 6.40. The second-order valence-corrected chi connectivity index (χ2v) is 7.05. The molecule has 0 aliphatic carbocycles. The van der Waals surface area contributed by atoms with Crippen LogP contribution in [0.3, 0.4) is 0 Å². The number of thiophene rings is 1. The SMILES string of the molecule is CN(Cc1ccc(Cl)s1)C(=O)/C=C/c1cc2c(cc1[N+](=O)[O-])OCO2. The van der Waals surface area contributed by atoms with Crippen molar-refractivity contribution in [2.45, 2.75) is 6.54 Å². The van der Waals surface area contributed by atoms with Gasteiger partial charge in [-0.05, 0) is 24.3 Å². The Kier molecular flexibility index (Phi) is 4.91. The number of nitrogens with zero attached hydrogens (tertiary/aromatic N) is 2. The van der Waals surface area contributed by atoms with Crippen molar-refractivity contribution in [1.29, 1.82) is 0 Å². The van der Waals surface area contributed by atoms with Crippen molar-refractivity contribution in [2.75, 3.05) is 13.8 Å². The standard InChI is InChI=1S/C16H13ClN2O5S/c1-18(8-11-3-4-15(17)25-11)16(20)5-2-10-6-13-14(24-9-23-13)7-12(10)19(21)22/h2-7H,8-9H2,1H3/b5-2+. The van der Waals surface area contributed by atoms with Crippen LogP contribution in [-0.4, -0.2) is 29.6 Å². The lowest BCUT2D eigenvalue weighted by molar-refractivity contribution is -0.385. The largest absolute Gasteiger partial charge is 0.454 e. The number of halogens is 1. The molecule has 0 spiro atoms. The van der Waals surface area contributed by atoms with E-state index in [1.807, 2.05) is 6.07 Å². The number of carbonyl (C=O) groups excluding carboxylic acids is 1. The zero-order valence-electron chi connectivity index (χ0n) is 13.1. The summed E-state index contributed by atoms with van der Waals surface area (Å²) >= 11 is 7.27. The van der Waals surface area contributed by atoms with Crippen molar-refractivity contribution in [2.24, 2.45) is 0 Å². The van der Waals surface area contributed by atoms with Crippen LogP contribution < -0.4 is 9.47 Å². The van der Waals surface area contributed by atoms with Crippen LogP contribution in [0.2, 0.25) is 4.34 Å². The lowest BCUT2D eigenvalue weighted by Gasteiger charge is -2.13. The van der Waals surface area contributed by atoms with E-state index in [9.17, 15) is 14.9 Å². The van der Waals surface area contributed by atoms with E-state index in [4.69, 9.17) is 21.1 Å². The number of ether oxygens (including phenoxy) is 2. The molecular formula is C16H13ClN2O5S. The maximum Gasteiger partial charge on any atom is 0.280 e. The number of likely N-dealkylation sites (N-methyl/N-ethyl adjacent to an activating group) is 1. The van der Waals surface area contributed by atoms with Crippen molar-refractivity contribution in [3.63, 3.8) is 0 Å². The molecule has 0 fully saturated rings. The van der Waals surface area contributed by atoms with Gasteiger partial charge in [0.05, 0.1) is 27.4 Å². The van der Waals surface area contributed by atoms with Crippen molar-refractivity contribution >= 4 is 40.6 Å². The summed E-state index contributed by atoms with van der Waals surface area (Å²) in [5.41, 5.74) is 0.121. The number of nitro groups is 1. The first-order valence-corrected chi connectivity index (χ1v) is 8.39. The number of benzene rings is 1. The van der Waals surface area contributed by atoms with E-state index in [0.29, 0.717) is 22.4 Å². The molecule has 7 nitrogen and oxygen atoms in total. The third-order valence-corrected chi connectivity index (χ3v) is 4.74. The number of fused-ring (bicyclic) bond motifs is 1. The molecule has 25 heavy (non-hydrogen) atoms. The molecule has 9 heteroatoms. The van der Waals surface area contributed by atoms with Gasteiger partial charge >= 0.3 is 0 Å². The summed E-state index contributed by atoms with van der Waals surface area (Å²) in [5.74, 6) is 0.456. The number of nitro benzene ring substituents is 1. The predicted molar refractivity (Wildman–Crippen MR) is 94.1 cm³/mol. The van der Waals surface area contributed by atoms with E-state index in [0.717, 1.165) is 4.88 Å². The summed E-state index contributed by atoms with van der Waals surface area (Å²) in [7, 11) is 1.65. The van der Waals surface area contributed by atoms with Crippen LogP contribution in [0, 0.1) is 10.1 Å². The van der Waals surface area contributed by atoms with Crippen LogP contribution in [0.25, 0.3) is 6.08 Å². The Balaban J connectivity index is 1.76. The highest BCUT2D eigenvalue weighted by atomic mass is 35.5. The Morgan fingerprint density at radius 3 is 2.76 bits per heavy atom. The highest BCUT2D eigenvalue weighted by Gasteiger charge is 2.22. The van der Waals surface area contributed by atoms with E-state index in [2.05, 4.69) is 0 Å². The highest BCUT2D eigenvalue weighted by Crippen LogP contribution is 2.38. The molecule has 0 unspecified atom stereocenters. The van der Waals surface area contributed by atoms with Crippen LogP contribution >= 0.6 is 22.9 Å². The Bertz CT molecular complexity index is 864. The average Bonchev–Trinajstić information content (AvgIpc) is 3.19. The molecule has 1 aromatic carbocycles. The van der Waals surface area contributed by atoms with Gasteiger partial charge in [0.25, 0.3) is 5.69 Å². The monoisotopic (exact) mass is 380 g/mol. The number of amides is 1. The Hall–Kier alpha value is -2.58. The average molecular weight is 381 g/mol. The zero-order valence-corrected chi connectivity index (χ0v) is 14.7. The molecule has 0 bridgehead atoms. The lowest BCUT2D eigenvalue weighted by Crippen LogP contribution is -2.23. The number of hydrogen-bond acceptors (Lipinski definition) is 6. The zero-order chi connectivity index (χ0) is 18.0. The quantitative estimate of drug-likeness (QED) is 0.448. The maximum atomic E-state index is 12.2. The second kappa shape index (κ2) is 7.12. The minimum absolute atomic E-state index is 0.0185. The Labute approximate surface area is 152 Å². The third kappa shape index (κ3) is 3.92. The summed E-state index contributed by atoms with van der Waals surface area (Å²) in [6.45, 7) is 0.425. The fourth-order valence-corrected chi connectivity index (χ4v) is 3.42. The number of rotatable bonds is 5. The van der Waals surface area contributed by atoms with Gasteiger partial charge in [0.1, 0.15) is 0 Å². The molecular weight excluding hydrogens is 368 g/mol. The normalized spacial score (nSPS) is 12.6. The van der Waals surface area contributed by atoms with Gasteiger partial charge in [-0.25, -0.2) is 0 Å². The van der Waals surface area contributed by atoms with Gasteiger partial charge in [0, 0.05) is 18.0 Å². The van der Waals surface area contributed by atoms with Gasteiger partial charge in [-0.3, -0.25) is 14.9 Å². The fraction of sp³-hybridized carbons (Fsp3) is 0.188. The topological polar surface area (TPSA) is 81.9 Å². The van der Waals surface area contributed by atoms with E-state index < -0.39 is 4.92 Å². The van der Waals surface area contributed by atoms with Gasteiger partial charge in [0.2, 0.25) is 12.7 Å². The van der Waals surface area contributed by atoms with Gasteiger partial charge in [0.15, 0.2) is 11.5 Å². The highest BCUT2D eigenvalue weighted by molar-refractivity contribution is 7.16. The van der Waals surface area contributed by atoms with E-state index in [1.165, 1.54) is 40.5 Å². The smallest absolute Gasteiger partial charge is 0.280 e. The lowest BCUT2D eigenvalue weighted by atomic mass is 10.1. The molecule has 130 valence electrons. The van der Waals surface area contributed by atoms with E-state index in [-0.39, 0.29) is 24.0 Å². The van der Waals surface area contributed by atoms with Gasteiger partial charge in [-0.15, -0.1) is 11.3 Å². The van der Waals surface area contributed by atoms with Crippen molar-refractivity contribution in [3.05, 3.63) is 55.2 Å². The summed E-state index contributed by atoms with van der Waals surface area (Å²) in [4.78, 5) is 25.4. The van der Waals surface area contributed by atoms with Crippen molar-refractivity contribution < 1.29 is 19.2 Å². The number of carbonyl (C=O) groups is 1. The first-order valence-electron chi connectivity index (χ1n) is 7.19. The third-order valence-electron chi connectivity index (χ3n) is 3.52.